The number of aliphatic hydroxyl groups is 1. The zero-order chi connectivity index (χ0) is 11.4. The Hall–Kier alpha value is -1.55. The Labute approximate surface area is 88.8 Å². The largest absolute Gasteiger partial charge is 0.479 e. The fourth-order valence-corrected chi connectivity index (χ4v) is 1.24. The fourth-order valence-electron chi connectivity index (χ4n) is 1.24. The van der Waals surface area contributed by atoms with Crippen molar-refractivity contribution >= 4 is 11.7 Å². The van der Waals surface area contributed by atoms with Crippen LogP contribution in [0.3, 0.4) is 0 Å². The monoisotopic (exact) mass is 209 g/mol. The van der Waals surface area contributed by atoms with E-state index in [4.69, 9.17) is 10.2 Å². The Morgan fingerprint density at radius 2 is 1.87 bits per heavy atom. The molecule has 0 saturated heterocycles. The molecule has 0 radical (unpaired) electrons. The summed E-state index contributed by atoms with van der Waals surface area (Å²) in [5.74, 6) is -1.19. The lowest BCUT2D eigenvalue weighted by Gasteiger charge is -2.13. The Kier molecular flexibility index (Phi) is 3.68. The molecule has 0 fully saturated rings. The maximum atomic E-state index is 10.4. The Bertz CT molecular complexity index is 332. The number of benzene rings is 1. The van der Waals surface area contributed by atoms with Crippen LogP contribution in [0, 0.1) is 0 Å². The Morgan fingerprint density at radius 3 is 2.27 bits per heavy atom. The van der Waals surface area contributed by atoms with Gasteiger partial charge in [-0.2, -0.15) is 0 Å². The van der Waals surface area contributed by atoms with Gasteiger partial charge in [0, 0.05) is 26.2 Å². The van der Waals surface area contributed by atoms with Crippen LogP contribution in [0.2, 0.25) is 0 Å². The summed E-state index contributed by atoms with van der Waals surface area (Å²) in [4.78, 5) is 12.4. The predicted molar refractivity (Wildman–Crippen MR) is 58.1 cm³/mol. The average Bonchev–Trinajstić information content (AvgIpc) is 2.18. The number of aliphatic hydroxyl groups excluding tert-OH is 1. The van der Waals surface area contributed by atoms with Crippen LogP contribution in [0.5, 0.6) is 0 Å². The first-order chi connectivity index (χ1) is 7.00. The van der Waals surface area contributed by atoms with Gasteiger partial charge in [0.2, 0.25) is 0 Å². The van der Waals surface area contributed by atoms with Crippen molar-refractivity contribution in [3.05, 3.63) is 29.8 Å². The van der Waals surface area contributed by atoms with Gasteiger partial charge in [-0.3, -0.25) is 0 Å². The van der Waals surface area contributed by atoms with Gasteiger partial charge in [-0.05, 0) is 17.7 Å². The second kappa shape index (κ2) is 4.79. The number of hydrogen-bond acceptors (Lipinski definition) is 3. The second-order valence-electron chi connectivity index (χ2n) is 3.62. The summed E-state index contributed by atoms with van der Waals surface area (Å²) in [6.07, 6.45) is -1.18. The number of carboxylic acid groups (broad SMARTS) is 1. The van der Waals surface area contributed by atoms with Gasteiger partial charge >= 0.3 is 5.97 Å². The van der Waals surface area contributed by atoms with E-state index in [-0.39, 0.29) is 6.42 Å². The average molecular weight is 209 g/mol. The number of carboxylic acids is 1. The first kappa shape index (κ1) is 11.5. The van der Waals surface area contributed by atoms with Crippen molar-refractivity contribution in [2.75, 3.05) is 19.0 Å². The third-order valence-corrected chi connectivity index (χ3v) is 2.17. The lowest BCUT2D eigenvalue weighted by molar-refractivity contribution is -0.146. The molecule has 0 aliphatic heterocycles. The molecule has 0 unspecified atom stereocenters. The lowest BCUT2D eigenvalue weighted by Crippen LogP contribution is -2.21. The summed E-state index contributed by atoms with van der Waals surface area (Å²) in [5.41, 5.74) is 1.86. The number of aliphatic carboxylic acids is 1. The molecule has 4 nitrogen and oxygen atoms in total. The second-order valence-corrected chi connectivity index (χ2v) is 3.62. The van der Waals surface area contributed by atoms with Crippen molar-refractivity contribution in [3.63, 3.8) is 0 Å². The van der Waals surface area contributed by atoms with Gasteiger partial charge in [-0.25, -0.2) is 4.79 Å². The first-order valence-corrected chi connectivity index (χ1v) is 4.68. The van der Waals surface area contributed by atoms with Crippen LogP contribution in [-0.2, 0) is 11.2 Å². The highest BCUT2D eigenvalue weighted by Crippen LogP contribution is 2.13. The molecule has 0 bridgehead atoms. The van der Waals surface area contributed by atoms with Crippen LogP contribution in [0.1, 0.15) is 5.56 Å². The third kappa shape index (κ3) is 3.25. The van der Waals surface area contributed by atoms with Crippen LogP contribution < -0.4 is 4.90 Å². The quantitative estimate of drug-likeness (QED) is 0.767. The van der Waals surface area contributed by atoms with Gasteiger partial charge in [0.1, 0.15) is 0 Å². The molecule has 0 heterocycles. The number of carbonyl (C=O) groups is 1. The van der Waals surface area contributed by atoms with Crippen LogP contribution in [0.4, 0.5) is 5.69 Å². The molecule has 4 heteroatoms. The van der Waals surface area contributed by atoms with Crippen molar-refractivity contribution in [2.45, 2.75) is 12.5 Å². The molecule has 0 spiro atoms. The number of hydrogen-bond donors (Lipinski definition) is 2. The van der Waals surface area contributed by atoms with E-state index < -0.39 is 12.1 Å². The molecule has 0 aliphatic carbocycles. The van der Waals surface area contributed by atoms with E-state index in [1.165, 1.54) is 0 Å². The fraction of sp³-hybridized carbons (Fsp3) is 0.364. The standard InChI is InChI=1S/C11H15NO3/c1-12(2)9-5-3-8(4-6-9)7-10(13)11(14)15/h3-6,10,13H,7H2,1-2H3,(H,14,15)/t10-/m1/s1. The SMILES string of the molecule is CN(C)c1ccc(C[C@@H](O)C(=O)O)cc1. The summed E-state index contributed by atoms with van der Waals surface area (Å²) in [5, 5.41) is 17.7. The van der Waals surface area contributed by atoms with Crippen molar-refractivity contribution in [2.24, 2.45) is 0 Å². The molecule has 0 aromatic heterocycles. The van der Waals surface area contributed by atoms with E-state index in [1.807, 2.05) is 43.3 Å². The summed E-state index contributed by atoms with van der Waals surface area (Å²) in [6, 6.07) is 7.43. The lowest BCUT2D eigenvalue weighted by atomic mass is 10.1. The highest BCUT2D eigenvalue weighted by atomic mass is 16.4. The van der Waals surface area contributed by atoms with Crippen LogP contribution in [-0.4, -0.2) is 36.4 Å². The highest BCUT2D eigenvalue weighted by Gasteiger charge is 2.13. The molecule has 0 amide bonds. The summed E-state index contributed by atoms with van der Waals surface area (Å²) in [6.45, 7) is 0. The third-order valence-electron chi connectivity index (χ3n) is 2.17. The van der Waals surface area contributed by atoms with Gasteiger partial charge in [-0.1, -0.05) is 12.1 Å². The maximum Gasteiger partial charge on any atom is 0.332 e. The molecule has 2 N–H and O–H groups in total. The molecule has 1 aromatic carbocycles. The Morgan fingerprint density at radius 1 is 1.33 bits per heavy atom. The summed E-state index contributed by atoms with van der Waals surface area (Å²) >= 11 is 0. The zero-order valence-corrected chi connectivity index (χ0v) is 8.84. The molecule has 1 atom stereocenters. The topological polar surface area (TPSA) is 60.8 Å². The van der Waals surface area contributed by atoms with Gasteiger partial charge in [0.05, 0.1) is 0 Å². The normalized spacial score (nSPS) is 12.2. The highest BCUT2D eigenvalue weighted by molar-refractivity contribution is 5.72. The molecular weight excluding hydrogens is 194 g/mol. The Balaban J connectivity index is 2.68. The summed E-state index contributed by atoms with van der Waals surface area (Å²) in [7, 11) is 3.86. The van der Waals surface area contributed by atoms with Crippen LogP contribution in [0.25, 0.3) is 0 Å². The van der Waals surface area contributed by atoms with E-state index in [0.29, 0.717) is 0 Å². The van der Waals surface area contributed by atoms with Gasteiger partial charge in [-0.15, -0.1) is 0 Å². The van der Waals surface area contributed by atoms with Gasteiger partial charge in [0.15, 0.2) is 6.10 Å². The minimum atomic E-state index is -1.32. The van der Waals surface area contributed by atoms with E-state index in [2.05, 4.69) is 0 Å². The summed E-state index contributed by atoms with van der Waals surface area (Å²) < 4.78 is 0. The number of rotatable bonds is 4. The molecule has 0 aliphatic rings. The van der Waals surface area contributed by atoms with Crippen LogP contribution in [0.15, 0.2) is 24.3 Å². The van der Waals surface area contributed by atoms with E-state index in [9.17, 15) is 4.79 Å². The van der Waals surface area contributed by atoms with E-state index in [0.717, 1.165) is 11.3 Å². The molecule has 82 valence electrons. The molecular formula is C11H15NO3. The van der Waals surface area contributed by atoms with E-state index in [1.54, 1.807) is 0 Å². The number of nitrogens with zero attached hydrogens (tertiary/aromatic N) is 1. The van der Waals surface area contributed by atoms with Crippen LogP contribution >= 0.6 is 0 Å². The predicted octanol–water partition coefficient (Wildman–Crippen LogP) is 0.741. The van der Waals surface area contributed by atoms with Crippen molar-refractivity contribution in [1.82, 2.24) is 0 Å². The minimum absolute atomic E-state index is 0.142. The smallest absolute Gasteiger partial charge is 0.332 e. The van der Waals surface area contributed by atoms with Gasteiger partial charge < -0.3 is 15.1 Å². The van der Waals surface area contributed by atoms with Crippen molar-refractivity contribution in [3.8, 4) is 0 Å². The minimum Gasteiger partial charge on any atom is -0.479 e. The number of anilines is 1. The molecule has 1 rings (SSSR count). The molecule has 15 heavy (non-hydrogen) atoms. The molecule has 0 saturated carbocycles. The maximum absolute atomic E-state index is 10.4. The molecule has 1 aromatic rings. The first-order valence-electron chi connectivity index (χ1n) is 4.68. The van der Waals surface area contributed by atoms with Gasteiger partial charge in [0.25, 0.3) is 0 Å². The van der Waals surface area contributed by atoms with Crippen molar-refractivity contribution in [1.29, 1.82) is 0 Å². The zero-order valence-electron chi connectivity index (χ0n) is 8.84. The van der Waals surface area contributed by atoms with E-state index >= 15 is 0 Å². The van der Waals surface area contributed by atoms with Crippen molar-refractivity contribution < 1.29 is 15.0 Å².